The van der Waals surface area contributed by atoms with E-state index in [0.717, 1.165) is 36.5 Å². The maximum absolute atomic E-state index is 15.4. The maximum atomic E-state index is 15.4. The van der Waals surface area contributed by atoms with Gasteiger partial charge in [0.05, 0.1) is 35.2 Å². The molecular weight excluding hydrogens is 444 g/mol. The van der Waals surface area contributed by atoms with Crippen molar-refractivity contribution in [1.29, 1.82) is 0 Å². The number of rotatable bonds is 14. The molecular formula is C33H54O3. The lowest BCUT2D eigenvalue weighted by Crippen LogP contribution is -2.63. The van der Waals surface area contributed by atoms with Crippen LogP contribution in [0.5, 0.6) is 0 Å². The molecule has 36 heavy (non-hydrogen) atoms. The second-order valence-corrected chi connectivity index (χ2v) is 14.2. The van der Waals surface area contributed by atoms with Gasteiger partial charge in [-0.2, -0.15) is 0 Å². The summed E-state index contributed by atoms with van der Waals surface area (Å²) in [4.78, 5) is 15.4. The smallest absolute Gasteiger partial charge is 0.151 e. The van der Waals surface area contributed by atoms with Crippen molar-refractivity contribution < 1.29 is 14.3 Å². The molecule has 3 nitrogen and oxygen atoms in total. The Hall–Kier alpha value is -0.410. The van der Waals surface area contributed by atoms with Gasteiger partial charge in [-0.15, -0.1) is 0 Å². The summed E-state index contributed by atoms with van der Waals surface area (Å²) in [6, 6.07) is 0. The minimum atomic E-state index is -0.205. The van der Waals surface area contributed by atoms with Crippen molar-refractivity contribution in [2.24, 2.45) is 46.3 Å². The summed E-state index contributed by atoms with van der Waals surface area (Å²) in [6.45, 7) is 9.40. The van der Waals surface area contributed by atoms with Gasteiger partial charge in [-0.05, 0) is 86.9 Å². The first-order valence-electron chi connectivity index (χ1n) is 16.4. The van der Waals surface area contributed by atoms with Crippen LogP contribution < -0.4 is 0 Å². The number of carbonyl (C=O) groups excluding carboxylic acids is 1. The maximum Gasteiger partial charge on any atom is 0.151 e. The minimum Gasteiger partial charge on any atom is -0.368 e. The van der Waals surface area contributed by atoms with Gasteiger partial charge in [-0.25, -0.2) is 0 Å². The Morgan fingerprint density at radius 3 is 1.58 bits per heavy atom. The molecule has 8 rings (SSSR count). The van der Waals surface area contributed by atoms with Crippen LogP contribution in [0.4, 0.5) is 0 Å². The van der Waals surface area contributed by atoms with E-state index in [1.165, 1.54) is 89.9 Å². The van der Waals surface area contributed by atoms with Crippen molar-refractivity contribution in [1.82, 2.24) is 0 Å². The Bertz CT molecular complexity index is 745. The van der Waals surface area contributed by atoms with Crippen molar-refractivity contribution in [2.75, 3.05) is 0 Å². The SMILES string of the molecule is CCCCC(CC)CC1CC2CCC1(C(=O)C13CCC(CC1CC(CC)CCCC)C1OC13)C1OC21. The molecule has 8 fully saturated rings. The second-order valence-electron chi connectivity index (χ2n) is 14.2. The number of fused-ring (bicyclic) bond motifs is 4. The van der Waals surface area contributed by atoms with Crippen LogP contribution in [0.3, 0.4) is 0 Å². The van der Waals surface area contributed by atoms with E-state index in [9.17, 15) is 0 Å². The minimum absolute atomic E-state index is 0.205. The Morgan fingerprint density at radius 1 is 0.750 bits per heavy atom. The number of ketones is 1. The molecule has 0 aromatic heterocycles. The Kier molecular flexibility index (Phi) is 7.15. The predicted octanol–water partition coefficient (Wildman–Crippen LogP) is 8.14. The first-order chi connectivity index (χ1) is 17.5. The number of carbonyl (C=O) groups is 1. The summed E-state index contributed by atoms with van der Waals surface area (Å²) >= 11 is 0. The highest BCUT2D eigenvalue weighted by Gasteiger charge is 2.78. The number of epoxide rings is 2. The molecule has 6 saturated carbocycles. The molecule has 6 aliphatic carbocycles. The molecule has 0 spiro atoms. The lowest BCUT2D eigenvalue weighted by Gasteiger charge is -2.57. The molecule has 204 valence electrons. The zero-order valence-electron chi connectivity index (χ0n) is 23.8. The summed E-state index contributed by atoms with van der Waals surface area (Å²) in [7, 11) is 0. The lowest BCUT2D eigenvalue weighted by molar-refractivity contribution is -0.162. The zero-order chi connectivity index (χ0) is 25.1. The van der Waals surface area contributed by atoms with E-state index >= 15 is 4.79 Å². The van der Waals surface area contributed by atoms with Crippen LogP contribution in [0.1, 0.15) is 130 Å². The van der Waals surface area contributed by atoms with Crippen LogP contribution in [0.15, 0.2) is 0 Å². The third-order valence-corrected chi connectivity index (χ3v) is 12.7. The second kappa shape index (κ2) is 9.96. The summed E-state index contributed by atoms with van der Waals surface area (Å²) in [6.07, 6.45) is 21.4. The highest BCUT2D eigenvalue weighted by molar-refractivity contribution is 5.94. The van der Waals surface area contributed by atoms with E-state index in [0.29, 0.717) is 29.8 Å². The van der Waals surface area contributed by atoms with Gasteiger partial charge in [0.15, 0.2) is 5.78 Å². The molecule has 0 aromatic carbocycles. The molecule has 12 unspecified atom stereocenters. The number of unbranched alkanes of at least 4 members (excludes halogenated alkanes) is 2. The van der Waals surface area contributed by atoms with Crippen LogP contribution in [-0.4, -0.2) is 30.2 Å². The van der Waals surface area contributed by atoms with E-state index in [4.69, 9.17) is 9.47 Å². The molecule has 8 aliphatic rings. The number of Topliss-reactive ketones (excluding diaryl/α,β-unsaturated/α-hetero) is 1. The summed E-state index contributed by atoms with van der Waals surface area (Å²) in [5.74, 6) is 4.74. The summed E-state index contributed by atoms with van der Waals surface area (Å²) < 4.78 is 13.0. The van der Waals surface area contributed by atoms with Crippen LogP contribution in [0.2, 0.25) is 0 Å². The van der Waals surface area contributed by atoms with Crippen LogP contribution >= 0.6 is 0 Å². The molecule has 0 N–H and O–H groups in total. The summed E-state index contributed by atoms with van der Waals surface area (Å²) in [5, 5.41) is 0. The molecule has 0 amide bonds. The molecule has 0 aromatic rings. The van der Waals surface area contributed by atoms with Gasteiger partial charge in [0.2, 0.25) is 0 Å². The highest BCUT2D eigenvalue weighted by atomic mass is 16.6. The molecule has 4 bridgehead atoms. The molecule has 2 heterocycles. The largest absolute Gasteiger partial charge is 0.368 e. The van der Waals surface area contributed by atoms with Crippen LogP contribution in [0, 0.1) is 46.3 Å². The summed E-state index contributed by atoms with van der Waals surface area (Å²) in [5.41, 5.74) is -0.411. The van der Waals surface area contributed by atoms with Crippen molar-refractivity contribution in [3.05, 3.63) is 0 Å². The van der Waals surface area contributed by atoms with Crippen molar-refractivity contribution >= 4 is 5.78 Å². The fourth-order valence-corrected chi connectivity index (χ4v) is 10.5. The first-order valence-corrected chi connectivity index (χ1v) is 16.4. The average molecular weight is 499 g/mol. The number of ether oxygens (including phenoxy) is 2. The van der Waals surface area contributed by atoms with E-state index in [1.807, 2.05) is 0 Å². The van der Waals surface area contributed by atoms with E-state index in [-0.39, 0.29) is 23.0 Å². The molecule has 2 saturated heterocycles. The molecule has 2 aliphatic heterocycles. The van der Waals surface area contributed by atoms with E-state index < -0.39 is 0 Å². The molecule has 0 radical (unpaired) electrons. The highest BCUT2D eigenvalue weighted by Crippen LogP contribution is 2.71. The van der Waals surface area contributed by atoms with Crippen molar-refractivity contribution in [2.45, 2.75) is 155 Å². The van der Waals surface area contributed by atoms with Gasteiger partial charge < -0.3 is 9.47 Å². The average Bonchev–Trinajstić information content (AvgIpc) is 3.82. The van der Waals surface area contributed by atoms with E-state index in [2.05, 4.69) is 27.7 Å². The van der Waals surface area contributed by atoms with Gasteiger partial charge in [-0.3, -0.25) is 4.79 Å². The van der Waals surface area contributed by atoms with Gasteiger partial charge in [0.1, 0.15) is 0 Å². The van der Waals surface area contributed by atoms with E-state index in [1.54, 1.807) is 0 Å². The van der Waals surface area contributed by atoms with Crippen LogP contribution in [-0.2, 0) is 14.3 Å². The van der Waals surface area contributed by atoms with Crippen molar-refractivity contribution in [3.8, 4) is 0 Å². The zero-order valence-corrected chi connectivity index (χ0v) is 23.8. The van der Waals surface area contributed by atoms with Crippen molar-refractivity contribution in [3.63, 3.8) is 0 Å². The number of hydrogen-bond donors (Lipinski definition) is 0. The lowest BCUT2D eigenvalue weighted by atomic mass is 9.43. The number of hydrogen-bond acceptors (Lipinski definition) is 3. The topological polar surface area (TPSA) is 42.1 Å². The monoisotopic (exact) mass is 498 g/mol. The van der Waals surface area contributed by atoms with Gasteiger partial charge in [0, 0.05) is 0 Å². The van der Waals surface area contributed by atoms with Crippen LogP contribution in [0.25, 0.3) is 0 Å². The van der Waals surface area contributed by atoms with Gasteiger partial charge in [0.25, 0.3) is 0 Å². The molecule has 3 heteroatoms. The van der Waals surface area contributed by atoms with Gasteiger partial charge >= 0.3 is 0 Å². The standard InChI is InChI=1S/C33H54O3/c1-5-9-11-21(7-3)17-25-19-23-13-15-32(25,29-27(23)35-29)31(34)33-16-14-24(28-30(33)36-28)20-26(33)18-22(8-4)12-10-6-2/h21-30H,5-20H2,1-4H3. The normalized spacial score (nSPS) is 47.2. The Labute approximate surface area is 221 Å². The molecule has 12 atom stereocenters. The Morgan fingerprint density at radius 2 is 1.19 bits per heavy atom. The first kappa shape index (κ1) is 25.8. The predicted molar refractivity (Wildman–Crippen MR) is 145 cm³/mol. The fraction of sp³-hybridized carbons (Fsp3) is 0.970. The fourth-order valence-electron chi connectivity index (χ4n) is 10.5. The third kappa shape index (κ3) is 3.90. The van der Waals surface area contributed by atoms with Gasteiger partial charge in [-0.1, -0.05) is 79.1 Å². The third-order valence-electron chi connectivity index (χ3n) is 12.7. The quantitative estimate of drug-likeness (QED) is 0.227. The Balaban J connectivity index is 1.31.